The van der Waals surface area contributed by atoms with Crippen LogP contribution < -0.4 is 10.6 Å². The van der Waals surface area contributed by atoms with E-state index in [1.54, 1.807) is 0 Å². The van der Waals surface area contributed by atoms with Crippen molar-refractivity contribution < 1.29 is 4.79 Å². The maximum atomic E-state index is 12.7. The topological polar surface area (TPSA) is 60.0 Å². The standard InChI is InChI=1S/C21H39N5O/c1-3-25-12-7-8-17(15-25)14-23-21(22-2)24-19-11-13-26(16-19)20(27)18-9-5-4-6-10-18/h17-19H,3-16H2,1-2H3,(H2,22,23,24). The molecule has 154 valence electrons. The summed E-state index contributed by atoms with van der Waals surface area (Å²) in [7, 11) is 1.84. The summed E-state index contributed by atoms with van der Waals surface area (Å²) in [6.45, 7) is 8.52. The molecule has 0 aromatic heterocycles. The first-order chi connectivity index (χ1) is 13.2. The number of carbonyl (C=O) groups is 1. The van der Waals surface area contributed by atoms with E-state index in [9.17, 15) is 4.79 Å². The average Bonchev–Trinajstić information content (AvgIpc) is 3.19. The third-order valence-electron chi connectivity index (χ3n) is 6.63. The molecule has 0 bridgehead atoms. The number of guanidine groups is 1. The second-order valence-electron chi connectivity index (χ2n) is 8.60. The molecule has 6 nitrogen and oxygen atoms in total. The van der Waals surface area contributed by atoms with E-state index in [-0.39, 0.29) is 5.92 Å². The largest absolute Gasteiger partial charge is 0.356 e. The Labute approximate surface area is 165 Å². The Bertz CT molecular complexity index is 503. The van der Waals surface area contributed by atoms with Crippen LogP contribution in [-0.4, -0.2) is 74.0 Å². The second-order valence-corrected chi connectivity index (χ2v) is 8.60. The van der Waals surface area contributed by atoms with Gasteiger partial charge in [-0.3, -0.25) is 9.79 Å². The van der Waals surface area contributed by atoms with Gasteiger partial charge in [-0.25, -0.2) is 0 Å². The molecular formula is C21H39N5O. The van der Waals surface area contributed by atoms with Crippen LogP contribution in [0.5, 0.6) is 0 Å². The molecule has 2 saturated heterocycles. The van der Waals surface area contributed by atoms with Gasteiger partial charge in [-0.2, -0.15) is 0 Å². The highest BCUT2D eigenvalue weighted by atomic mass is 16.2. The molecule has 2 heterocycles. The van der Waals surface area contributed by atoms with Gasteiger partial charge in [-0.15, -0.1) is 0 Å². The molecule has 2 atom stereocenters. The second kappa shape index (κ2) is 10.3. The highest BCUT2D eigenvalue weighted by Gasteiger charge is 2.31. The van der Waals surface area contributed by atoms with E-state index < -0.39 is 0 Å². The van der Waals surface area contributed by atoms with Crippen molar-refractivity contribution in [3.8, 4) is 0 Å². The van der Waals surface area contributed by atoms with E-state index in [0.29, 0.717) is 17.9 Å². The third-order valence-corrected chi connectivity index (χ3v) is 6.63. The van der Waals surface area contributed by atoms with Gasteiger partial charge >= 0.3 is 0 Å². The lowest BCUT2D eigenvalue weighted by Crippen LogP contribution is -2.48. The quantitative estimate of drug-likeness (QED) is 0.569. The fourth-order valence-electron chi connectivity index (χ4n) is 4.92. The fourth-order valence-corrected chi connectivity index (χ4v) is 4.92. The fraction of sp³-hybridized carbons (Fsp3) is 0.905. The summed E-state index contributed by atoms with van der Waals surface area (Å²) in [6, 6.07) is 0.322. The number of carbonyl (C=O) groups excluding carboxylic acids is 1. The van der Waals surface area contributed by atoms with Gasteiger partial charge in [-0.1, -0.05) is 26.2 Å². The number of amides is 1. The lowest BCUT2D eigenvalue weighted by atomic mass is 9.88. The molecule has 1 amide bonds. The maximum absolute atomic E-state index is 12.7. The molecule has 0 aromatic carbocycles. The minimum atomic E-state index is 0.280. The van der Waals surface area contributed by atoms with Crippen molar-refractivity contribution in [1.29, 1.82) is 0 Å². The van der Waals surface area contributed by atoms with E-state index in [0.717, 1.165) is 51.4 Å². The Hall–Kier alpha value is -1.30. The van der Waals surface area contributed by atoms with Crippen LogP contribution in [0.2, 0.25) is 0 Å². The van der Waals surface area contributed by atoms with Crippen molar-refractivity contribution >= 4 is 11.9 Å². The number of aliphatic imine (C=N–C) groups is 1. The lowest BCUT2D eigenvalue weighted by Gasteiger charge is -2.32. The molecule has 3 fully saturated rings. The van der Waals surface area contributed by atoms with E-state index in [4.69, 9.17) is 0 Å². The van der Waals surface area contributed by atoms with E-state index in [1.165, 1.54) is 45.2 Å². The smallest absolute Gasteiger partial charge is 0.225 e. The van der Waals surface area contributed by atoms with E-state index in [2.05, 4.69) is 32.3 Å². The molecule has 27 heavy (non-hydrogen) atoms. The zero-order valence-electron chi connectivity index (χ0n) is 17.4. The van der Waals surface area contributed by atoms with Crippen molar-refractivity contribution in [2.45, 2.75) is 64.3 Å². The average molecular weight is 378 g/mol. The number of hydrogen-bond acceptors (Lipinski definition) is 3. The summed E-state index contributed by atoms with van der Waals surface area (Å²) in [5.41, 5.74) is 0. The molecule has 1 aliphatic carbocycles. The third kappa shape index (κ3) is 5.84. The van der Waals surface area contributed by atoms with Gasteiger partial charge in [-0.05, 0) is 51.1 Å². The molecule has 2 N–H and O–H groups in total. The lowest BCUT2D eigenvalue weighted by molar-refractivity contribution is -0.135. The SMILES string of the molecule is CCN1CCCC(CNC(=NC)NC2CCN(C(=O)C3CCCCC3)C2)C1. The highest BCUT2D eigenvalue weighted by Crippen LogP contribution is 2.26. The summed E-state index contributed by atoms with van der Waals surface area (Å²) in [4.78, 5) is 21.8. The van der Waals surface area contributed by atoms with Crippen molar-refractivity contribution in [2.24, 2.45) is 16.8 Å². The van der Waals surface area contributed by atoms with Gasteiger partial charge in [0.05, 0.1) is 0 Å². The van der Waals surface area contributed by atoms with Crippen molar-refractivity contribution in [3.63, 3.8) is 0 Å². The van der Waals surface area contributed by atoms with Crippen LogP contribution in [0.3, 0.4) is 0 Å². The zero-order valence-corrected chi connectivity index (χ0v) is 17.4. The number of hydrogen-bond donors (Lipinski definition) is 2. The molecule has 0 radical (unpaired) electrons. The number of piperidine rings is 1. The molecular weight excluding hydrogens is 338 g/mol. The van der Waals surface area contributed by atoms with Gasteiger partial charge in [0.1, 0.15) is 0 Å². The van der Waals surface area contributed by atoms with Crippen LogP contribution in [0.1, 0.15) is 58.3 Å². The summed E-state index contributed by atoms with van der Waals surface area (Å²) in [5, 5.41) is 7.08. The Balaban J connectivity index is 1.40. The van der Waals surface area contributed by atoms with Gasteiger partial charge in [0.15, 0.2) is 5.96 Å². The molecule has 0 aromatic rings. The van der Waals surface area contributed by atoms with E-state index >= 15 is 0 Å². The Kier molecular flexibility index (Phi) is 7.80. The molecule has 1 saturated carbocycles. The van der Waals surface area contributed by atoms with Crippen molar-refractivity contribution in [3.05, 3.63) is 0 Å². The van der Waals surface area contributed by atoms with Crippen LogP contribution in [0, 0.1) is 11.8 Å². The number of likely N-dealkylation sites (tertiary alicyclic amines) is 2. The molecule has 6 heteroatoms. The van der Waals surface area contributed by atoms with Gasteiger partial charge < -0.3 is 20.4 Å². The first-order valence-corrected chi connectivity index (χ1v) is 11.2. The predicted octanol–water partition coefficient (Wildman–Crippen LogP) is 2.06. The minimum Gasteiger partial charge on any atom is -0.356 e. The van der Waals surface area contributed by atoms with Crippen LogP contribution >= 0.6 is 0 Å². The number of nitrogens with one attached hydrogen (secondary N) is 2. The summed E-state index contributed by atoms with van der Waals surface area (Å²) in [6.07, 6.45) is 9.54. The zero-order chi connectivity index (χ0) is 19.1. The Morgan fingerprint density at radius 2 is 1.85 bits per heavy atom. The minimum absolute atomic E-state index is 0.280. The maximum Gasteiger partial charge on any atom is 0.225 e. The summed E-state index contributed by atoms with van der Waals surface area (Å²) < 4.78 is 0. The highest BCUT2D eigenvalue weighted by molar-refractivity contribution is 5.81. The molecule has 3 aliphatic rings. The molecule has 2 aliphatic heterocycles. The first kappa shape index (κ1) is 20.4. The van der Waals surface area contributed by atoms with E-state index in [1.807, 2.05) is 7.05 Å². The van der Waals surface area contributed by atoms with Crippen LogP contribution in [-0.2, 0) is 4.79 Å². The monoisotopic (exact) mass is 377 g/mol. The molecule has 0 spiro atoms. The molecule has 3 rings (SSSR count). The van der Waals surface area contributed by atoms with Gasteiger partial charge in [0.25, 0.3) is 0 Å². The summed E-state index contributed by atoms with van der Waals surface area (Å²) >= 11 is 0. The molecule has 2 unspecified atom stereocenters. The Morgan fingerprint density at radius 1 is 1.04 bits per heavy atom. The van der Waals surface area contributed by atoms with Crippen LogP contribution in [0.25, 0.3) is 0 Å². The number of nitrogens with zero attached hydrogens (tertiary/aromatic N) is 3. The van der Waals surface area contributed by atoms with Gasteiger partial charge in [0.2, 0.25) is 5.91 Å². The van der Waals surface area contributed by atoms with Crippen molar-refractivity contribution in [2.75, 3.05) is 46.3 Å². The normalized spacial score (nSPS) is 28.4. The van der Waals surface area contributed by atoms with Gasteiger partial charge in [0, 0.05) is 45.2 Å². The first-order valence-electron chi connectivity index (χ1n) is 11.2. The predicted molar refractivity (Wildman–Crippen MR) is 111 cm³/mol. The number of rotatable bonds is 5. The Morgan fingerprint density at radius 3 is 2.59 bits per heavy atom. The van der Waals surface area contributed by atoms with Crippen LogP contribution in [0.15, 0.2) is 4.99 Å². The van der Waals surface area contributed by atoms with Crippen molar-refractivity contribution in [1.82, 2.24) is 20.4 Å². The van der Waals surface area contributed by atoms with Crippen LogP contribution in [0.4, 0.5) is 0 Å². The summed E-state index contributed by atoms with van der Waals surface area (Å²) in [5.74, 6) is 2.26.